The number of amides is 3. The van der Waals surface area contributed by atoms with Crippen molar-refractivity contribution in [3.63, 3.8) is 0 Å². The molecule has 0 unspecified atom stereocenters. The summed E-state index contributed by atoms with van der Waals surface area (Å²) in [6.45, 7) is 4.54. The van der Waals surface area contributed by atoms with Gasteiger partial charge in [0.05, 0.1) is 6.54 Å². The predicted octanol–water partition coefficient (Wildman–Crippen LogP) is 2.69. The molecular formula is C15H19ClN2O3. The lowest BCUT2D eigenvalue weighted by Gasteiger charge is -2.14. The van der Waals surface area contributed by atoms with Gasteiger partial charge in [-0.05, 0) is 36.6 Å². The Hall–Kier alpha value is -1.75. The summed E-state index contributed by atoms with van der Waals surface area (Å²) in [5, 5.41) is 3.34. The highest BCUT2D eigenvalue weighted by Crippen LogP contribution is 2.16. The van der Waals surface area contributed by atoms with E-state index in [-0.39, 0.29) is 25.1 Å². The molecule has 1 N–H and O–H groups in total. The van der Waals surface area contributed by atoms with Crippen molar-refractivity contribution < 1.29 is 14.3 Å². The quantitative estimate of drug-likeness (QED) is 0.822. The lowest BCUT2D eigenvalue weighted by Crippen LogP contribution is -2.35. The summed E-state index contributed by atoms with van der Waals surface area (Å²) in [6, 6.07) is 6.19. The molecule has 0 aromatic heterocycles. The molecule has 3 amide bonds. The number of urea groups is 1. The van der Waals surface area contributed by atoms with Crippen LogP contribution in [0.2, 0.25) is 5.02 Å². The zero-order valence-corrected chi connectivity index (χ0v) is 12.9. The highest BCUT2D eigenvalue weighted by Gasteiger charge is 2.37. The molecule has 114 valence electrons. The normalized spacial score (nSPS) is 18.3. The van der Waals surface area contributed by atoms with Crippen molar-refractivity contribution in [3.8, 4) is 5.75 Å². The van der Waals surface area contributed by atoms with Gasteiger partial charge in [0.2, 0.25) is 0 Å². The minimum Gasteiger partial charge on any atom is -0.492 e. The standard InChI is InChI=1S/C15H19ClN2O3/c1-10(2)9-13-14(19)18(15(20)17-13)7-8-21-12-5-3-11(16)4-6-12/h3-6,10,13H,7-9H2,1-2H3,(H,17,20)/t13-/m1/s1. The molecule has 2 rings (SSSR count). The number of nitrogens with one attached hydrogen (secondary N) is 1. The summed E-state index contributed by atoms with van der Waals surface area (Å²) in [5.74, 6) is 0.836. The Morgan fingerprint density at radius 1 is 1.29 bits per heavy atom. The third-order valence-electron chi connectivity index (χ3n) is 3.21. The van der Waals surface area contributed by atoms with E-state index in [1.165, 1.54) is 4.90 Å². The first kappa shape index (κ1) is 15.6. The second-order valence-corrected chi connectivity index (χ2v) is 5.86. The van der Waals surface area contributed by atoms with E-state index in [4.69, 9.17) is 16.3 Å². The maximum atomic E-state index is 12.1. The van der Waals surface area contributed by atoms with E-state index in [1.807, 2.05) is 13.8 Å². The second-order valence-electron chi connectivity index (χ2n) is 5.42. The van der Waals surface area contributed by atoms with Crippen LogP contribution in [-0.4, -0.2) is 36.0 Å². The molecule has 1 aromatic carbocycles. The van der Waals surface area contributed by atoms with Gasteiger partial charge in [0.1, 0.15) is 18.4 Å². The molecule has 0 spiro atoms. The second kappa shape index (κ2) is 6.80. The lowest BCUT2D eigenvalue weighted by atomic mass is 10.0. The fourth-order valence-corrected chi connectivity index (χ4v) is 2.33. The van der Waals surface area contributed by atoms with Crippen LogP contribution < -0.4 is 10.1 Å². The van der Waals surface area contributed by atoms with E-state index in [2.05, 4.69) is 5.32 Å². The SMILES string of the molecule is CC(C)C[C@H]1NC(=O)N(CCOc2ccc(Cl)cc2)C1=O. The Labute approximate surface area is 129 Å². The van der Waals surface area contributed by atoms with Gasteiger partial charge in [0.25, 0.3) is 5.91 Å². The van der Waals surface area contributed by atoms with Gasteiger partial charge < -0.3 is 10.1 Å². The number of benzene rings is 1. The molecule has 0 radical (unpaired) electrons. The van der Waals surface area contributed by atoms with Gasteiger partial charge in [-0.2, -0.15) is 0 Å². The fourth-order valence-electron chi connectivity index (χ4n) is 2.21. The average Bonchev–Trinajstić information content (AvgIpc) is 2.67. The molecule has 1 aliphatic rings. The first-order valence-electron chi connectivity index (χ1n) is 6.97. The van der Waals surface area contributed by atoms with Crippen molar-refractivity contribution in [2.45, 2.75) is 26.3 Å². The molecule has 0 saturated carbocycles. The Balaban J connectivity index is 1.84. The molecule has 6 heteroatoms. The Kier molecular flexibility index (Phi) is 5.07. The highest BCUT2D eigenvalue weighted by molar-refractivity contribution is 6.30. The van der Waals surface area contributed by atoms with E-state index in [0.717, 1.165) is 0 Å². The predicted molar refractivity (Wildman–Crippen MR) is 80.4 cm³/mol. The van der Waals surface area contributed by atoms with E-state index < -0.39 is 6.04 Å². The maximum Gasteiger partial charge on any atom is 0.324 e. The molecule has 1 heterocycles. The molecule has 21 heavy (non-hydrogen) atoms. The van der Waals surface area contributed by atoms with Crippen molar-refractivity contribution >= 4 is 23.5 Å². The lowest BCUT2D eigenvalue weighted by molar-refractivity contribution is -0.128. The summed E-state index contributed by atoms with van der Waals surface area (Å²) >= 11 is 5.78. The van der Waals surface area contributed by atoms with E-state index in [0.29, 0.717) is 23.1 Å². The van der Waals surface area contributed by atoms with Gasteiger partial charge in [-0.1, -0.05) is 25.4 Å². The Bertz CT molecular complexity index is 516. The van der Waals surface area contributed by atoms with Gasteiger partial charge in [0, 0.05) is 5.02 Å². The van der Waals surface area contributed by atoms with Crippen LogP contribution in [0, 0.1) is 5.92 Å². The molecule has 5 nitrogen and oxygen atoms in total. The van der Waals surface area contributed by atoms with Crippen LogP contribution in [0.5, 0.6) is 5.75 Å². The zero-order valence-electron chi connectivity index (χ0n) is 12.1. The molecular weight excluding hydrogens is 292 g/mol. The summed E-state index contributed by atoms with van der Waals surface area (Å²) in [4.78, 5) is 25.1. The van der Waals surface area contributed by atoms with E-state index in [1.54, 1.807) is 24.3 Å². The number of imide groups is 1. The van der Waals surface area contributed by atoms with Crippen molar-refractivity contribution in [3.05, 3.63) is 29.3 Å². The van der Waals surface area contributed by atoms with Gasteiger partial charge in [-0.25, -0.2) is 4.79 Å². The Morgan fingerprint density at radius 2 is 1.95 bits per heavy atom. The smallest absolute Gasteiger partial charge is 0.324 e. The molecule has 0 aliphatic carbocycles. The van der Waals surface area contributed by atoms with Crippen LogP contribution in [-0.2, 0) is 4.79 Å². The van der Waals surface area contributed by atoms with Crippen LogP contribution in [0.3, 0.4) is 0 Å². The molecule has 0 bridgehead atoms. The maximum absolute atomic E-state index is 12.1. The average molecular weight is 311 g/mol. The van der Waals surface area contributed by atoms with Crippen LogP contribution in [0.15, 0.2) is 24.3 Å². The number of nitrogens with zero attached hydrogens (tertiary/aromatic N) is 1. The van der Waals surface area contributed by atoms with Crippen molar-refractivity contribution in [1.29, 1.82) is 0 Å². The molecule has 1 aromatic rings. The van der Waals surface area contributed by atoms with Gasteiger partial charge >= 0.3 is 6.03 Å². The largest absolute Gasteiger partial charge is 0.492 e. The first-order valence-corrected chi connectivity index (χ1v) is 7.35. The molecule has 1 saturated heterocycles. The number of rotatable bonds is 6. The third-order valence-corrected chi connectivity index (χ3v) is 3.46. The number of carbonyl (C=O) groups excluding carboxylic acids is 2. The monoisotopic (exact) mass is 310 g/mol. The summed E-state index contributed by atoms with van der Waals surface area (Å²) in [6.07, 6.45) is 0.652. The van der Waals surface area contributed by atoms with Crippen molar-refractivity contribution in [2.24, 2.45) is 5.92 Å². The minimum atomic E-state index is -0.409. The van der Waals surface area contributed by atoms with Crippen LogP contribution >= 0.6 is 11.6 Å². The number of hydrogen-bond acceptors (Lipinski definition) is 3. The number of hydrogen-bond donors (Lipinski definition) is 1. The van der Waals surface area contributed by atoms with Crippen molar-refractivity contribution in [2.75, 3.05) is 13.2 Å². The molecule has 1 atom stereocenters. The van der Waals surface area contributed by atoms with E-state index >= 15 is 0 Å². The summed E-state index contributed by atoms with van der Waals surface area (Å²) in [5.41, 5.74) is 0. The number of halogens is 1. The van der Waals surface area contributed by atoms with Crippen molar-refractivity contribution in [1.82, 2.24) is 10.2 Å². The summed E-state index contributed by atoms with van der Waals surface area (Å²) < 4.78 is 5.50. The fraction of sp³-hybridized carbons (Fsp3) is 0.467. The minimum absolute atomic E-state index is 0.173. The summed E-state index contributed by atoms with van der Waals surface area (Å²) in [7, 11) is 0. The first-order chi connectivity index (χ1) is 9.97. The third kappa shape index (κ3) is 4.11. The zero-order chi connectivity index (χ0) is 15.4. The topological polar surface area (TPSA) is 58.6 Å². The number of carbonyl (C=O) groups is 2. The van der Waals surface area contributed by atoms with Gasteiger partial charge in [-0.15, -0.1) is 0 Å². The van der Waals surface area contributed by atoms with Gasteiger partial charge in [0.15, 0.2) is 0 Å². The van der Waals surface area contributed by atoms with Crippen LogP contribution in [0.25, 0.3) is 0 Å². The molecule has 1 aliphatic heterocycles. The number of ether oxygens (including phenoxy) is 1. The molecule has 1 fully saturated rings. The van der Waals surface area contributed by atoms with E-state index in [9.17, 15) is 9.59 Å². The van der Waals surface area contributed by atoms with Gasteiger partial charge in [-0.3, -0.25) is 9.69 Å². The highest BCUT2D eigenvalue weighted by atomic mass is 35.5. The van der Waals surface area contributed by atoms with Crippen LogP contribution in [0.4, 0.5) is 4.79 Å². The Morgan fingerprint density at radius 3 is 2.57 bits per heavy atom. The van der Waals surface area contributed by atoms with Crippen LogP contribution in [0.1, 0.15) is 20.3 Å².